The number of sulfonamides is 1. The molecule has 0 rings (SSSR count). The lowest BCUT2D eigenvalue weighted by Gasteiger charge is -2.28. The highest BCUT2D eigenvalue weighted by atomic mass is 32.2. The zero-order valence-corrected chi connectivity index (χ0v) is 15.3. The smallest absolute Gasteiger partial charge is 0.232 e. The highest BCUT2D eigenvalue weighted by Crippen LogP contribution is 2.21. The van der Waals surface area contributed by atoms with Crippen LogP contribution in [0.2, 0.25) is 0 Å². The van der Waals surface area contributed by atoms with Crippen LogP contribution in [0.3, 0.4) is 0 Å². The molecule has 0 saturated heterocycles. The van der Waals surface area contributed by atoms with Crippen LogP contribution in [0.4, 0.5) is 0 Å². The van der Waals surface area contributed by atoms with Gasteiger partial charge in [-0.3, -0.25) is 4.55 Å². The van der Waals surface area contributed by atoms with E-state index in [1.54, 1.807) is 13.2 Å². The molecule has 2 unspecified atom stereocenters. The summed E-state index contributed by atoms with van der Waals surface area (Å²) in [6.45, 7) is 7.97. The zero-order valence-electron chi connectivity index (χ0n) is 13.7. The first-order valence-corrected chi connectivity index (χ1v) is 10.1. The fourth-order valence-electron chi connectivity index (χ4n) is 1.52. The summed E-state index contributed by atoms with van der Waals surface area (Å²) in [7, 11) is -3.20. The van der Waals surface area contributed by atoms with Gasteiger partial charge in [-0.15, -0.1) is 0 Å². The highest BCUT2D eigenvalue weighted by Gasteiger charge is 2.23. The van der Waals surface area contributed by atoms with Crippen molar-refractivity contribution in [3.63, 3.8) is 0 Å². The fraction of sp³-hybridized carbons (Fsp3) is 0.846. The maximum absolute atomic E-state index is 11.4. The molecule has 3 N–H and O–H groups in total. The summed E-state index contributed by atoms with van der Waals surface area (Å²) >= 11 is -2.05. The average molecular weight is 357 g/mol. The van der Waals surface area contributed by atoms with Crippen LogP contribution in [0.1, 0.15) is 47.0 Å². The van der Waals surface area contributed by atoms with Crippen LogP contribution in [-0.4, -0.2) is 41.6 Å². The Bertz CT molecular complexity index is 479. The Morgan fingerprint density at radius 2 is 2.00 bits per heavy atom. The van der Waals surface area contributed by atoms with Crippen LogP contribution in [0.15, 0.2) is 11.8 Å². The Balaban J connectivity index is 4.55. The van der Waals surface area contributed by atoms with Crippen LogP contribution < -0.4 is 9.44 Å². The number of nitrogens with one attached hydrogen (secondary N) is 2. The Morgan fingerprint density at radius 3 is 2.45 bits per heavy atom. The predicted molar refractivity (Wildman–Crippen MR) is 89.0 cm³/mol. The molecular formula is C13H28N2O5S2. The van der Waals surface area contributed by atoms with E-state index >= 15 is 0 Å². The summed E-state index contributed by atoms with van der Waals surface area (Å²) in [6, 6.07) is 0. The van der Waals surface area contributed by atoms with Gasteiger partial charge < -0.3 is 4.74 Å². The van der Waals surface area contributed by atoms with Gasteiger partial charge in [0.2, 0.25) is 21.3 Å². The van der Waals surface area contributed by atoms with Crippen molar-refractivity contribution in [2.24, 2.45) is 0 Å². The summed E-state index contributed by atoms with van der Waals surface area (Å²) in [4.78, 5) is 0. The molecule has 132 valence electrons. The van der Waals surface area contributed by atoms with E-state index in [9.17, 15) is 12.6 Å². The van der Waals surface area contributed by atoms with Gasteiger partial charge in [0, 0.05) is 19.5 Å². The monoisotopic (exact) mass is 356 g/mol. The molecule has 0 aliphatic rings. The molecule has 0 heterocycles. The summed E-state index contributed by atoms with van der Waals surface area (Å²) < 4.78 is 52.9. The molecule has 9 heteroatoms. The Kier molecular flexibility index (Phi) is 10.1. The van der Waals surface area contributed by atoms with Gasteiger partial charge in [-0.1, -0.05) is 13.8 Å². The minimum Gasteiger partial charge on any atom is -0.495 e. The van der Waals surface area contributed by atoms with E-state index in [2.05, 4.69) is 9.44 Å². The average Bonchev–Trinajstić information content (AvgIpc) is 2.47. The summed E-state index contributed by atoms with van der Waals surface area (Å²) in [5, 5.41) is 0. The maximum atomic E-state index is 11.4. The molecule has 0 radical (unpaired) electrons. The molecule has 0 aliphatic carbocycles. The minimum absolute atomic E-state index is 0.0561. The first kappa shape index (κ1) is 21.5. The Labute approximate surface area is 136 Å². The van der Waals surface area contributed by atoms with E-state index in [0.29, 0.717) is 25.8 Å². The van der Waals surface area contributed by atoms with E-state index in [-0.39, 0.29) is 12.3 Å². The highest BCUT2D eigenvalue weighted by molar-refractivity contribution is 7.89. The molecule has 0 saturated carbocycles. The fourth-order valence-corrected chi connectivity index (χ4v) is 2.45. The van der Waals surface area contributed by atoms with E-state index in [0.717, 1.165) is 5.57 Å². The van der Waals surface area contributed by atoms with Crippen molar-refractivity contribution in [3.05, 3.63) is 11.8 Å². The number of hydrogen-bond donors (Lipinski definition) is 3. The second-order valence-corrected chi connectivity index (χ2v) is 8.05. The van der Waals surface area contributed by atoms with E-state index in [4.69, 9.17) is 9.29 Å². The number of rotatable bonds is 12. The van der Waals surface area contributed by atoms with E-state index in [1.165, 1.54) is 0 Å². The molecule has 2 atom stereocenters. The quantitative estimate of drug-likeness (QED) is 0.363. The Morgan fingerprint density at radius 1 is 1.36 bits per heavy atom. The Hall–Kier alpha value is -0.480. The van der Waals surface area contributed by atoms with Crippen LogP contribution in [0.5, 0.6) is 0 Å². The van der Waals surface area contributed by atoms with Gasteiger partial charge in [0.15, 0.2) is 0 Å². The molecule has 0 aromatic rings. The number of hydrogen-bond acceptors (Lipinski definition) is 4. The van der Waals surface area contributed by atoms with Crippen molar-refractivity contribution in [2.75, 3.05) is 18.8 Å². The van der Waals surface area contributed by atoms with E-state index < -0.39 is 26.9 Å². The van der Waals surface area contributed by atoms with Crippen molar-refractivity contribution < 1.29 is 21.9 Å². The molecule has 22 heavy (non-hydrogen) atoms. The molecule has 0 spiro atoms. The minimum atomic E-state index is -3.20. The standard InChI is InChI=1S/C13H28N2O5S2/c1-5-12(10-14-21(16)17)11-20-13(4,6-2)8-9-15-22(18,19)7-3/h11,14-15H,5-10H2,1-4H3,(H,16,17)/b12-11+. The second-order valence-electron chi connectivity index (χ2n) is 5.17. The van der Waals surface area contributed by atoms with Crippen LogP contribution in [-0.2, 0) is 26.0 Å². The summed E-state index contributed by atoms with van der Waals surface area (Å²) in [5.74, 6) is 0.0561. The van der Waals surface area contributed by atoms with E-state index in [1.807, 2.05) is 20.8 Å². The predicted octanol–water partition coefficient (Wildman–Crippen LogP) is 1.52. The van der Waals surface area contributed by atoms with Gasteiger partial charge in [0.25, 0.3) is 0 Å². The van der Waals surface area contributed by atoms with Crippen LogP contribution >= 0.6 is 0 Å². The lowest BCUT2D eigenvalue weighted by Crippen LogP contribution is -2.34. The van der Waals surface area contributed by atoms with Gasteiger partial charge in [-0.25, -0.2) is 22.1 Å². The van der Waals surface area contributed by atoms with Crippen molar-refractivity contribution in [2.45, 2.75) is 52.6 Å². The number of ether oxygens (including phenoxy) is 1. The van der Waals surface area contributed by atoms with Crippen LogP contribution in [0, 0.1) is 0 Å². The third kappa shape index (κ3) is 9.52. The van der Waals surface area contributed by atoms with Gasteiger partial charge in [-0.05, 0) is 32.3 Å². The van der Waals surface area contributed by atoms with Crippen molar-refractivity contribution in [1.29, 1.82) is 0 Å². The first-order valence-electron chi connectivity index (χ1n) is 7.35. The van der Waals surface area contributed by atoms with Crippen molar-refractivity contribution in [1.82, 2.24) is 9.44 Å². The molecule has 0 aliphatic heterocycles. The van der Waals surface area contributed by atoms with Gasteiger partial charge >= 0.3 is 0 Å². The molecule has 0 bridgehead atoms. The molecule has 0 aromatic carbocycles. The molecule has 7 nitrogen and oxygen atoms in total. The SMILES string of the molecule is CC/C(=C\OC(C)(CC)CCNS(=O)(=O)CC)CNS(=O)O. The van der Waals surface area contributed by atoms with Gasteiger partial charge in [0.1, 0.15) is 5.60 Å². The lowest BCUT2D eigenvalue weighted by molar-refractivity contribution is 0.0276. The molecule has 0 aromatic heterocycles. The molecule has 0 amide bonds. The second kappa shape index (κ2) is 10.3. The van der Waals surface area contributed by atoms with Crippen molar-refractivity contribution >= 4 is 21.3 Å². The van der Waals surface area contributed by atoms with Crippen molar-refractivity contribution in [3.8, 4) is 0 Å². The summed E-state index contributed by atoms with van der Waals surface area (Å²) in [5.41, 5.74) is 0.367. The van der Waals surface area contributed by atoms with Gasteiger partial charge in [0.05, 0.1) is 12.0 Å². The first-order chi connectivity index (χ1) is 10.2. The normalized spacial score (nSPS) is 17.0. The van der Waals surface area contributed by atoms with Gasteiger partial charge in [-0.2, -0.15) is 0 Å². The van der Waals surface area contributed by atoms with Crippen LogP contribution in [0.25, 0.3) is 0 Å². The zero-order chi connectivity index (χ0) is 17.2. The summed E-state index contributed by atoms with van der Waals surface area (Å²) in [6.07, 6.45) is 3.54. The largest absolute Gasteiger partial charge is 0.495 e. The molecular weight excluding hydrogens is 328 g/mol. The molecule has 0 fully saturated rings. The lowest BCUT2D eigenvalue weighted by atomic mass is 9.99. The maximum Gasteiger partial charge on any atom is 0.232 e. The third-order valence-electron chi connectivity index (χ3n) is 3.49. The topological polar surface area (TPSA) is 105 Å². The third-order valence-corrected chi connectivity index (χ3v) is 5.29.